The van der Waals surface area contributed by atoms with Crippen LogP contribution in [-0.4, -0.2) is 47.6 Å². The van der Waals surface area contributed by atoms with E-state index in [0.717, 1.165) is 43.2 Å². The summed E-state index contributed by atoms with van der Waals surface area (Å²) in [5, 5.41) is 12.3. The number of fused-ring (bicyclic) bond motifs is 1. The molecule has 2 saturated carbocycles. The monoisotopic (exact) mass is 369 g/mol. The van der Waals surface area contributed by atoms with Gasteiger partial charge in [0.2, 0.25) is 0 Å². The van der Waals surface area contributed by atoms with Gasteiger partial charge in [-0.25, -0.2) is 0 Å². The minimum Gasteiger partial charge on any atom is -0.497 e. The maximum absolute atomic E-state index is 13.1. The predicted molar refractivity (Wildman–Crippen MR) is 104 cm³/mol. The highest BCUT2D eigenvalue weighted by atomic mass is 16.5. The first-order chi connectivity index (χ1) is 12.8. The first-order valence-electron chi connectivity index (χ1n) is 10.5. The van der Waals surface area contributed by atoms with Gasteiger partial charge >= 0.3 is 0 Å². The lowest BCUT2D eigenvalue weighted by Crippen LogP contribution is -2.75. The molecule has 5 rings (SSSR count). The number of carbonyl (C=O) groups excluding carboxylic acids is 1. The van der Waals surface area contributed by atoms with Gasteiger partial charge in [0.1, 0.15) is 11.5 Å². The normalized spacial score (nSPS) is 37.5. The minimum atomic E-state index is -0.850. The molecule has 0 spiro atoms. The van der Waals surface area contributed by atoms with Gasteiger partial charge in [-0.05, 0) is 67.8 Å². The lowest BCUT2D eigenvalue weighted by atomic mass is 9.45. The zero-order chi connectivity index (χ0) is 19.0. The number of benzene rings is 1. The summed E-state index contributed by atoms with van der Waals surface area (Å²) >= 11 is 0. The molecule has 0 aromatic heterocycles. The van der Waals surface area contributed by atoms with Crippen molar-refractivity contribution in [1.82, 2.24) is 4.90 Å². The largest absolute Gasteiger partial charge is 0.497 e. The molecule has 146 valence electrons. The third-order valence-corrected chi connectivity index (χ3v) is 8.01. The van der Waals surface area contributed by atoms with Crippen LogP contribution in [0.4, 0.5) is 0 Å². The Labute approximate surface area is 161 Å². The highest BCUT2D eigenvalue weighted by Crippen LogP contribution is 2.61. The number of ether oxygens (including phenoxy) is 1. The van der Waals surface area contributed by atoms with Crippen molar-refractivity contribution in [1.29, 1.82) is 0 Å². The molecule has 3 atom stereocenters. The van der Waals surface area contributed by atoms with Crippen LogP contribution in [0.25, 0.3) is 0 Å². The van der Waals surface area contributed by atoms with Crippen molar-refractivity contribution in [2.45, 2.75) is 69.4 Å². The van der Waals surface area contributed by atoms with E-state index in [-0.39, 0.29) is 11.8 Å². The van der Waals surface area contributed by atoms with Gasteiger partial charge in [-0.2, -0.15) is 0 Å². The number of aliphatic hydroxyl groups is 1. The van der Waals surface area contributed by atoms with Gasteiger partial charge in [-0.15, -0.1) is 0 Å². The number of piperidine rings is 1. The molecule has 27 heavy (non-hydrogen) atoms. The van der Waals surface area contributed by atoms with Crippen molar-refractivity contribution in [2.75, 3.05) is 20.2 Å². The number of carbonyl (C=O) groups is 1. The molecule has 3 aliphatic carbocycles. The fourth-order valence-electron chi connectivity index (χ4n) is 6.27. The number of Topliss-reactive ketones (excluding diaryl/α,β-unsaturated/α-hetero) is 1. The third kappa shape index (κ3) is 2.39. The maximum atomic E-state index is 13.1. The molecule has 1 saturated heterocycles. The summed E-state index contributed by atoms with van der Waals surface area (Å²) in [5.41, 5.74) is 0.674. The number of nitrogens with zero attached hydrogens (tertiary/aromatic N) is 1. The molecular weight excluding hydrogens is 338 g/mol. The van der Waals surface area contributed by atoms with Crippen LogP contribution in [0.1, 0.15) is 57.1 Å². The van der Waals surface area contributed by atoms with E-state index in [1.54, 1.807) is 7.11 Å². The standard InChI is InChI=1S/C23H31NO3/c1-21(2)14-23(26)19-10-16-6-7-17(27-3)11-18(16)22(23,12-20(21)25)8-9-24(19)13-15-4-5-15/h6-7,11,15,19,26H,4-5,8-10,12-14H2,1-3H3. The molecule has 4 nitrogen and oxygen atoms in total. The Kier molecular flexibility index (Phi) is 3.65. The second kappa shape index (κ2) is 5.57. The van der Waals surface area contributed by atoms with E-state index >= 15 is 0 Å². The Morgan fingerprint density at radius 3 is 2.78 bits per heavy atom. The first kappa shape index (κ1) is 17.7. The number of methoxy groups -OCH3 is 1. The van der Waals surface area contributed by atoms with Crippen molar-refractivity contribution in [2.24, 2.45) is 11.3 Å². The quantitative estimate of drug-likeness (QED) is 0.890. The van der Waals surface area contributed by atoms with Crippen molar-refractivity contribution in [3.05, 3.63) is 29.3 Å². The Morgan fingerprint density at radius 2 is 2.07 bits per heavy atom. The van der Waals surface area contributed by atoms with Gasteiger partial charge in [0, 0.05) is 29.8 Å². The fourth-order valence-corrected chi connectivity index (χ4v) is 6.27. The Hall–Kier alpha value is -1.39. The van der Waals surface area contributed by atoms with E-state index in [1.165, 1.54) is 18.4 Å². The number of ketones is 1. The zero-order valence-corrected chi connectivity index (χ0v) is 16.8. The van der Waals surface area contributed by atoms with Crippen LogP contribution in [0.5, 0.6) is 5.75 Å². The number of likely N-dealkylation sites (tertiary alicyclic amines) is 1. The molecule has 1 N–H and O–H groups in total. The molecule has 1 heterocycles. The number of rotatable bonds is 3. The molecule has 1 aromatic rings. The summed E-state index contributed by atoms with van der Waals surface area (Å²) in [4.78, 5) is 15.6. The second-order valence-electron chi connectivity index (χ2n) is 10.1. The zero-order valence-electron chi connectivity index (χ0n) is 16.8. The van der Waals surface area contributed by atoms with Gasteiger partial charge in [0.25, 0.3) is 0 Å². The second-order valence-corrected chi connectivity index (χ2v) is 10.1. The van der Waals surface area contributed by atoms with E-state index < -0.39 is 16.4 Å². The average molecular weight is 370 g/mol. The molecule has 1 aromatic carbocycles. The van der Waals surface area contributed by atoms with Crippen LogP contribution in [0, 0.1) is 11.3 Å². The highest BCUT2D eigenvalue weighted by Gasteiger charge is 2.67. The van der Waals surface area contributed by atoms with Crippen molar-refractivity contribution < 1.29 is 14.6 Å². The summed E-state index contributed by atoms with van der Waals surface area (Å²) in [6.45, 7) is 6.11. The van der Waals surface area contributed by atoms with Gasteiger partial charge in [0.15, 0.2) is 0 Å². The molecule has 4 heteroatoms. The topological polar surface area (TPSA) is 49.8 Å². The van der Waals surface area contributed by atoms with E-state index in [9.17, 15) is 9.90 Å². The highest BCUT2D eigenvalue weighted by molar-refractivity contribution is 5.87. The van der Waals surface area contributed by atoms with E-state index in [4.69, 9.17) is 4.74 Å². The van der Waals surface area contributed by atoms with Gasteiger partial charge in [0.05, 0.1) is 12.7 Å². The molecule has 0 amide bonds. The van der Waals surface area contributed by atoms with E-state index in [2.05, 4.69) is 17.0 Å². The molecule has 1 aliphatic heterocycles. The third-order valence-electron chi connectivity index (χ3n) is 8.01. The van der Waals surface area contributed by atoms with Crippen LogP contribution in [-0.2, 0) is 16.6 Å². The van der Waals surface area contributed by atoms with Crippen LogP contribution in [0.3, 0.4) is 0 Å². The summed E-state index contributed by atoms with van der Waals surface area (Å²) in [5.74, 6) is 1.91. The van der Waals surface area contributed by atoms with Crippen molar-refractivity contribution >= 4 is 5.78 Å². The minimum absolute atomic E-state index is 0.111. The van der Waals surface area contributed by atoms with Gasteiger partial charge < -0.3 is 9.84 Å². The average Bonchev–Trinajstić information content (AvgIpc) is 3.42. The van der Waals surface area contributed by atoms with Crippen LogP contribution in [0.2, 0.25) is 0 Å². The SMILES string of the molecule is COc1ccc2c(c1)C13CCN(CC4CC4)C(C2)C1(O)CC(C)(C)C(=O)C3. The molecule has 4 aliphatic rings. The lowest BCUT2D eigenvalue weighted by molar-refractivity contribution is -0.191. The Balaban J connectivity index is 1.67. The first-order valence-corrected chi connectivity index (χ1v) is 10.5. The van der Waals surface area contributed by atoms with Crippen LogP contribution in [0.15, 0.2) is 18.2 Å². The Morgan fingerprint density at radius 1 is 1.30 bits per heavy atom. The summed E-state index contributed by atoms with van der Waals surface area (Å²) in [7, 11) is 1.69. The number of hydrogen-bond donors (Lipinski definition) is 1. The summed E-state index contributed by atoms with van der Waals surface area (Å²) in [6.07, 6.45) is 5.38. The maximum Gasteiger partial charge on any atom is 0.139 e. The smallest absolute Gasteiger partial charge is 0.139 e. The Bertz CT molecular complexity index is 799. The molecule has 3 unspecified atom stereocenters. The molecular formula is C23H31NO3. The molecule has 0 radical (unpaired) electrons. The van der Waals surface area contributed by atoms with Gasteiger partial charge in [-0.1, -0.05) is 19.9 Å². The summed E-state index contributed by atoms with van der Waals surface area (Å²) in [6, 6.07) is 6.39. The summed E-state index contributed by atoms with van der Waals surface area (Å²) < 4.78 is 5.50. The van der Waals surface area contributed by atoms with Crippen molar-refractivity contribution in [3.63, 3.8) is 0 Å². The number of hydrogen-bond acceptors (Lipinski definition) is 4. The van der Waals surface area contributed by atoms with Gasteiger partial charge in [-0.3, -0.25) is 9.69 Å². The molecule has 3 fully saturated rings. The molecule has 2 bridgehead atoms. The van der Waals surface area contributed by atoms with E-state index in [1.807, 2.05) is 19.9 Å². The van der Waals surface area contributed by atoms with Crippen LogP contribution < -0.4 is 4.74 Å². The van der Waals surface area contributed by atoms with Crippen molar-refractivity contribution in [3.8, 4) is 5.75 Å². The fraction of sp³-hybridized carbons (Fsp3) is 0.696. The van der Waals surface area contributed by atoms with Crippen LogP contribution >= 0.6 is 0 Å². The predicted octanol–water partition coefficient (Wildman–Crippen LogP) is 3.09. The lowest BCUT2D eigenvalue weighted by Gasteiger charge is -2.65. The van der Waals surface area contributed by atoms with E-state index in [0.29, 0.717) is 12.8 Å².